The molecule has 96 valence electrons. The summed E-state index contributed by atoms with van der Waals surface area (Å²) in [5.41, 5.74) is 3.31. The fourth-order valence-electron chi connectivity index (χ4n) is 1.72. The third-order valence-electron chi connectivity index (χ3n) is 3.24. The average Bonchev–Trinajstić information content (AvgIpc) is 2.25. The standard InChI is InChI=1S/C15H24O2/c1-10(2)13(5)17-9-15(16)14-7-6-11(3)8-12(14)4/h6-8,10,13,15-16H,9H2,1-5H3. The summed E-state index contributed by atoms with van der Waals surface area (Å²) >= 11 is 0. The number of rotatable bonds is 5. The molecule has 1 rings (SSSR count). The van der Waals surface area contributed by atoms with Gasteiger partial charge >= 0.3 is 0 Å². The van der Waals surface area contributed by atoms with Gasteiger partial charge < -0.3 is 9.84 Å². The Morgan fingerprint density at radius 1 is 1.18 bits per heavy atom. The van der Waals surface area contributed by atoms with Crippen LogP contribution in [0.15, 0.2) is 18.2 Å². The summed E-state index contributed by atoms with van der Waals surface area (Å²) in [4.78, 5) is 0. The van der Waals surface area contributed by atoms with Crippen LogP contribution >= 0.6 is 0 Å². The molecule has 0 saturated heterocycles. The first-order chi connectivity index (χ1) is 7.91. The monoisotopic (exact) mass is 236 g/mol. The van der Waals surface area contributed by atoms with Crippen LogP contribution in [0.25, 0.3) is 0 Å². The summed E-state index contributed by atoms with van der Waals surface area (Å²) in [5.74, 6) is 0.473. The zero-order valence-corrected chi connectivity index (χ0v) is 11.5. The fraction of sp³-hybridized carbons (Fsp3) is 0.600. The van der Waals surface area contributed by atoms with Crippen LogP contribution in [0, 0.1) is 19.8 Å². The van der Waals surface area contributed by atoms with E-state index in [2.05, 4.69) is 26.8 Å². The molecule has 2 unspecified atom stereocenters. The number of aliphatic hydroxyl groups excluding tert-OH is 1. The first-order valence-electron chi connectivity index (χ1n) is 6.28. The van der Waals surface area contributed by atoms with E-state index in [0.29, 0.717) is 12.5 Å². The molecule has 0 aliphatic carbocycles. The maximum Gasteiger partial charge on any atom is 0.103 e. The van der Waals surface area contributed by atoms with E-state index in [0.717, 1.165) is 11.1 Å². The fourth-order valence-corrected chi connectivity index (χ4v) is 1.72. The highest BCUT2D eigenvalue weighted by Gasteiger charge is 2.14. The first-order valence-corrected chi connectivity index (χ1v) is 6.28. The quantitative estimate of drug-likeness (QED) is 0.849. The molecule has 2 nitrogen and oxygen atoms in total. The predicted octanol–water partition coefficient (Wildman–Crippen LogP) is 3.40. The minimum atomic E-state index is -0.531. The van der Waals surface area contributed by atoms with Gasteiger partial charge in [-0.1, -0.05) is 37.6 Å². The van der Waals surface area contributed by atoms with Crippen molar-refractivity contribution < 1.29 is 9.84 Å². The zero-order valence-electron chi connectivity index (χ0n) is 11.5. The van der Waals surface area contributed by atoms with E-state index in [9.17, 15) is 5.11 Å². The van der Waals surface area contributed by atoms with Crippen LogP contribution in [0.2, 0.25) is 0 Å². The molecule has 0 saturated carbocycles. The molecule has 1 aromatic rings. The third kappa shape index (κ3) is 4.14. The van der Waals surface area contributed by atoms with Crippen molar-refractivity contribution in [1.29, 1.82) is 0 Å². The normalized spacial score (nSPS) is 15.0. The highest BCUT2D eigenvalue weighted by atomic mass is 16.5. The van der Waals surface area contributed by atoms with Crippen molar-refractivity contribution in [2.24, 2.45) is 5.92 Å². The van der Waals surface area contributed by atoms with Crippen molar-refractivity contribution >= 4 is 0 Å². The van der Waals surface area contributed by atoms with Gasteiger partial charge in [0.05, 0.1) is 12.7 Å². The van der Waals surface area contributed by atoms with Gasteiger partial charge in [0, 0.05) is 0 Å². The molecule has 1 N–H and O–H groups in total. The van der Waals surface area contributed by atoms with Crippen molar-refractivity contribution in [2.45, 2.75) is 46.8 Å². The maximum absolute atomic E-state index is 10.1. The Hall–Kier alpha value is -0.860. The van der Waals surface area contributed by atoms with Crippen LogP contribution < -0.4 is 0 Å². The van der Waals surface area contributed by atoms with E-state index in [4.69, 9.17) is 4.74 Å². The second-order valence-electron chi connectivity index (χ2n) is 5.16. The van der Waals surface area contributed by atoms with Crippen LogP contribution in [0.3, 0.4) is 0 Å². The van der Waals surface area contributed by atoms with E-state index in [1.807, 2.05) is 26.0 Å². The molecule has 0 aliphatic rings. The number of aliphatic hydroxyl groups is 1. The minimum Gasteiger partial charge on any atom is -0.386 e. The van der Waals surface area contributed by atoms with Gasteiger partial charge in [0.25, 0.3) is 0 Å². The van der Waals surface area contributed by atoms with Gasteiger partial charge in [-0.05, 0) is 37.8 Å². The van der Waals surface area contributed by atoms with Gasteiger partial charge in [0.2, 0.25) is 0 Å². The second kappa shape index (κ2) is 6.18. The molecule has 0 heterocycles. The van der Waals surface area contributed by atoms with Crippen LogP contribution in [-0.4, -0.2) is 17.8 Å². The highest BCUT2D eigenvalue weighted by Crippen LogP contribution is 2.20. The summed E-state index contributed by atoms with van der Waals surface area (Å²) in [6, 6.07) is 6.10. The summed E-state index contributed by atoms with van der Waals surface area (Å²) in [6.07, 6.45) is -0.354. The van der Waals surface area contributed by atoms with E-state index >= 15 is 0 Å². The molecule has 0 radical (unpaired) electrons. The van der Waals surface area contributed by atoms with Crippen molar-refractivity contribution in [3.8, 4) is 0 Å². The third-order valence-corrected chi connectivity index (χ3v) is 3.24. The largest absolute Gasteiger partial charge is 0.386 e. The Bertz CT molecular complexity index is 358. The van der Waals surface area contributed by atoms with Crippen LogP contribution in [0.5, 0.6) is 0 Å². The molecular formula is C15H24O2. The molecule has 0 aromatic heterocycles. The smallest absolute Gasteiger partial charge is 0.103 e. The molecule has 0 fully saturated rings. The molecule has 0 amide bonds. The zero-order chi connectivity index (χ0) is 13.0. The summed E-state index contributed by atoms with van der Waals surface area (Å²) < 4.78 is 5.65. The predicted molar refractivity (Wildman–Crippen MR) is 71.1 cm³/mol. The SMILES string of the molecule is Cc1ccc(C(O)COC(C)C(C)C)c(C)c1. The molecule has 17 heavy (non-hydrogen) atoms. The summed E-state index contributed by atoms with van der Waals surface area (Å²) in [7, 11) is 0. The van der Waals surface area contributed by atoms with Crippen LogP contribution in [-0.2, 0) is 4.74 Å². The number of hydrogen-bond acceptors (Lipinski definition) is 2. The number of benzene rings is 1. The number of ether oxygens (including phenoxy) is 1. The Kier molecular flexibility index (Phi) is 5.16. The Labute approximate surface area is 105 Å². The van der Waals surface area contributed by atoms with E-state index in [1.165, 1.54) is 5.56 Å². The highest BCUT2D eigenvalue weighted by molar-refractivity contribution is 5.31. The van der Waals surface area contributed by atoms with Gasteiger partial charge in [-0.3, -0.25) is 0 Å². The lowest BCUT2D eigenvalue weighted by molar-refractivity contribution is -0.0208. The van der Waals surface area contributed by atoms with Gasteiger partial charge in [0.1, 0.15) is 6.10 Å². The topological polar surface area (TPSA) is 29.5 Å². The Morgan fingerprint density at radius 2 is 1.82 bits per heavy atom. The van der Waals surface area contributed by atoms with Crippen molar-refractivity contribution in [3.63, 3.8) is 0 Å². The average molecular weight is 236 g/mol. The van der Waals surface area contributed by atoms with Crippen LogP contribution in [0.4, 0.5) is 0 Å². The Balaban J connectivity index is 2.61. The molecule has 0 aliphatic heterocycles. The van der Waals surface area contributed by atoms with E-state index in [1.54, 1.807) is 0 Å². The maximum atomic E-state index is 10.1. The first kappa shape index (κ1) is 14.2. The molecular weight excluding hydrogens is 212 g/mol. The van der Waals surface area contributed by atoms with Crippen molar-refractivity contribution in [1.82, 2.24) is 0 Å². The summed E-state index contributed by atoms with van der Waals surface area (Å²) in [6.45, 7) is 10.7. The van der Waals surface area contributed by atoms with Gasteiger partial charge in [-0.15, -0.1) is 0 Å². The van der Waals surface area contributed by atoms with Gasteiger partial charge in [-0.25, -0.2) is 0 Å². The molecule has 2 atom stereocenters. The molecule has 0 bridgehead atoms. The number of hydrogen-bond donors (Lipinski definition) is 1. The van der Waals surface area contributed by atoms with Gasteiger partial charge in [-0.2, -0.15) is 0 Å². The minimum absolute atomic E-state index is 0.176. The molecule has 1 aromatic carbocycles. The molecule has 0 spiro atoms. The number of aryl methyl sites for hydroxylation is 2. The summed E-state index contributed by atoms with van der Waals surface area (Å²) in [5, 5.41) is 10.1. The van der Waals surface area contributed by atoms with Crippen molar-refractivity contribution in [2.75, 3.05) is 6.61 Å². The second-order valence-corrected chi connectivity index (χ2v) is 5.16. The van der Waals surface area contributed by atoms with Gasteiger partial charge in [0.15, 0.2) is 0 Å². The van der Waals surface area contributed by atoms with Crippen molar-refractivity contribution in [3.05, 3.63) is 34.9 Å². The lowest BCUT2D eigenvalue weighted by atomic mass is 10.0. The van der Waals surface area contributed by atoms with E-state index in [-0.39, 0.29) is 6.10 Å². The molecule has 2 heteroatoms. The lowest BCUT2D eigenvalue weighted by Crippen LogP contribution is -2.19. The lowest BCUT2D eigenvalue weighted by Gasteiger charge is -2.20. The Morgan fingerprint density at radius 3 is 2.35 bits per heavy atom. The van der Waals surface area contributed by atoms with E-state index < -0.39 is 6.10 Å². The van der Waals surface area contributed by atoms with Crippen LogP contribution in [0.1, 0.15) is 43.6 Å².